The molecule has 1 aliphatic heterocycles. The van der Waals surface area contributed by atoms with Gasteiger partial charge < -0.3 is 10.6 Å². The monoisotopic (exact) mass is 449 g/mol. The van der Waals surface area contributed by atoms with E-state index in [4.69, 9.17) is 11.6 Å². The Morgan fingerprint density at radius 1 is 1.10 bits per heavy atom. The smallest absolute Gasteiger partial charge is 0.246 e. The summed E-state index contributed by atoms with van der Waals surface area (Å²) in [6.45, 7) is 2.02. The average Bonchev–Trinajstić information content (AvgIpc) is 2.74. The van der Waals surface area contributed by atoms with Gasteiger partial charge >= 0.3 is 0 Å². The first-order valence-electron chi connectivity index (χ1n) is 9.69. The molecule has 30 heavy (non-hydrogen) atoms. The van der Waals surface area contributed by atoms with Gasteiger partial charge in [0.05, 0.1) is 10.8 Å². The highest BCUT2D eigenvalue weighted by Gasteiger charge is 2.34. The van der Waals surface area contributed by atoms with Gasteiger partial charge in [-0.1, -0.05) is 29.8 Å². The molecule has 0 aromatic heterocycles. The van der Waals surface area contributed by atoms with Gasteiger partial charge in [0.15, 0.2) is 0 Å². The maximum atomic E-state index is 12.9. The number of piperidine rings is 1. The minimum Gasteiger partial charge on any atom is -0.344 e. The number of amides is 2. The van der Waals surface area contributed by atoms with Gasteiger partial charge in [0, 0.05) is 23.8 Å². The zero-order chi connectivity index (χ0) is 21.7. The first-order chi connectivity index (χ1) is 14.3. The third-order valence-corrected chi connectivity index (χ3v) is 7.13. The number of carbonyl (C=O) groups excluding carboxylic acids is 2. The lowest BCUT2D eigenvalue weighted by molar-refractivity contribution is -0.129. The molecule has 1 heterocycles. The largest absolute Gasteiger partial charge is 0.344 e. The molecule has 0 aliphatic carbocycles. The van der Waals surface area contributed by atoms with Gasteiger partial charge in [0.2, 0.25) is 21.8 Å². The predicted molar refractivity (Wildman–Crippen MR) is 116 cm³/mol. The fraction of sp³-hybridized carbons (Fsp3) is 0.333. The van der Waals surface area contributed by atoms with Crippen molar-refractivity contribution in [3.63, 3.8) is 0 Å². The van der Waals surface area contributed by atoms with Crippen molar-refractivity contribution in [3.8, 4) is 0 Å². The van der Waals surface area contributed by atoms with E-state index in [9.17, 15) is 18.0 Å². The van der Waals surface area contributed by atoms with Crippen molar-refractivity contribution in [2.75, 3.05) is 18.4 Å². The second-order valence-corrected chi connectivity index (χ2v) is 9.62. The quantitative estimate of drug-likeness (QED) is 0.708. The lowest BCUT2D eigenvalue weighted by Gasteiger charge is -2.31. The van der Waals surface area contributed by atoms with Crippen molar-refractivity contribution in [2.24, 2.45) is 5.92 Å². The summed E-state index contributed by atoms with van der Waals surface area (Å²) in [6, 6.07) is 14.2. The van der Waals surface area contributed by atoms with E-state index < -0.39 is 22.0 Å². The number of hydrogen-bond acceptors (Lipinski definition) is 4. The van der Waals surface area contributed by atoms with E-state index in [2.05, 4.69) is 10.6 Å². The minimum absolute atomic E-state index is 0.0732. The standard InChI is InChI=1S/C21H24ClN3O4S/c1-15(20(26)24-18-7-3-2-4-8-18)23-21(27)16-6-5-13-25(14-16)30(28,29)19-11-9-17(22)10-12-19/h2-4,7-12,15-16H,5-6,13-14H2,1H3,(H,23,27)(H,24,26)/t15-,16?/m1/s1. The molecule has 2 aromatic rings. The summed E-state index contributed by atoms with van der Waals surface area (Å²) in [7, 11) is -3.72. The summed E-state index contributed by atoms with van der Waals surface area (Å²) in [5.41, 5.74) is 0.640. The highest BCUT2D eigenvalue weighted by atomic mass is 35.5. The van der Waals surface area contributed by atoms with Crippen molar-refractivity contribution in [1.29, 1.82) is 0 Å². The van der Waals surface area contributed by atoms with Crippen LogP contribution < -0.4 is 10.6 Å². The summed E-state index contributed by atoms with van der Waals surface area (Å²) >= 11 is 5.84. The van der Waals surface area contributed by atoms with Crippen LogP contribution in [0.15, 0.2) is 59.5 Å². The fourth-order valence-electron chi connectivity index (χ4n) is 3.30. The van der Waals surface area contributed by atoms with E-state index in [0.29, 0.717) is 30.1 Å². The molecule has 1 aliphatic rings. The summed E-state index contributed by atoms with van der Waals surface area (Å²) in [5.74, 6) is -1.19. The molecule has 0 saturated carbocycles. The van der Waals surface area contributed by atoms with Crippen molar-refractivity contribution in [3.05, 3.63) is 59.6 Å². The average molecular weight is 450 g/mol. The van der Waals surface area contributed by atoms with Crippen molar-refractivity contribution >= 4 is 39.1 Å². The molecule has 2 N–H and O–H groups in total. The molecule has 2 aromatic carbocycles. The lowest BCUT2D eigenvalue weighted by Crippen LogP contribution is -2.49. The van der Waals surface area contributed by atoms with Crippen LogP contribution in [-0.4, -0.2) is 43.7 Å². The number of nitrogens with zero attached hydrogens (tertiary/aromatic N) is 1. The number of halogens is 1. The molecule has 9 heteroatoms. The summed E-state index contributed by atoms with van der Waals surface area (Å²) < 4.78 is 27.1. The first kappa shape index (κ1) is 22.3. The maximum absolute atomic E-state index is 12.9. The van der Waals surface area contributed by atoms with Crippen LogP contribution in [0.25, 0.3) is 0 Å². The molecule has 1 saturated heterocycles. The molecule has 1 unspecified atom stereocenters. The number of para-hydroxylation sites is 1. The Kier molecular flexibility index (Phi) is 7.12. The van der Waals surface area contributed by atoms with E-state index in [1.807, 2.05) is 6.07 Å². The van der Waals surface area contributed by atoms with Gasteiger partial charge in [-0.15, -0.1) is 0 Å². The maximum Gasteiger partial charge on any atom is 0.246 e. The summed E-state index contributed by atoms with van der Waals surface area (Å²) in [4.78, 5) is 25.2. The predicted octanol–water partition coefficient (Wildman–Crippen LogP) is 2.88. The third kappa shape index (κ3) is 5.38. The second kappa shape index (κ2) is 9.59. The topological polar surface area (TPSA) is 95.6 Å². The highest BCUT2D eigenvalue weighted by Crippen LogP contribution is 2.25. The number of sulfonamides is 1. The van der Waals surface area contributed by atoms with Crippen LogP contribution >= 0.6 is 11.6 Å². The fourth-order valence-corrected chi connectivity index (χ4v) is 4.95. The second-order valence-electron chi connectivity index (χ2n) is 7.24. The number of rotatable bonds is 6. The van der Waals surface area contributed by atoms with Crippen LogP contribution in [0.4, 0.5) is 5.69 Å². The molecule has 7 nitrogen and oxygen atoms in total. The zero-order valence-electron chi connectivity index (χ0n) is 16.5. The molecule has 0 spiro atoms. The van der Waals surface area contributed by atoms with Gasteiger partial charge in [-0.25, -0.2) is 8.42 Å². The molecule has 160 valence electrons. The van der Waals surface area contributed by atoms with Crippen LogP contribution in [-0.2, 0) is 19.6 Å². The van der Waals surface area contributed by atoms with E-state index in [1.165, 1.54) is 28.6 Å². The first-order valence-corrected chi connectivity index (χ1v) is 11.5. The van der Waals surface area contributed by atoms with Crippen LogP contribution in [0.1, 0.15) is 19.8 Å². The van der Waals surface area contributed by atoms with E-state index in [1.54, 1.807) is 31.2 Å². The number of benzene rings is 2. The minimum atomic E-state index is -3.72. The highest BCUT2D eigenvalue weighted by molar-refractivity contribution is 7.89. The third-order valence-electron chi connectivity index (χ3n) is 5.00. The van der Waals surface area contributed by atoms with Crippen LogP contribution in [0.5, 0.6) is 0 Å². The van der Waals surface area contributed by atoms with Gasteiger partial charge in [-0.2, -0.15) is 4.31 Å². The van der Waals surface area contributed by atoms with Crippen molar-refractivity contribution in [2.45, 2.75) is 30.7 Å². The van der Waals surface area contributed by atoms with Crippen LogP contribution in [0, 0.1) is 5.92 Å². The molecule has 2 atom stereocenters. The summed E-state index contributed by atoms with van der Waals surface area (Å²) in [6.07, 6.45) is 1.13. The van der Waals surface area contributed by atoms with Crippen molar-refractivity contribution < 1.29 is 18.0 Å². The van der Waals surface area contributed by atoms with Gasteiger partial charge in [-0.3, -0.25) is 9.59 Å². The molecule has 0 bridgehead atoms. The Morgan fingerprint density at radius 3 is 2.43 bits per heavy atom. The molecule has 1 fully saturated rings. The summed E-state index contributed by atoms with van der Waals surface area (Å²) in [5, 5.41) is 5.89. The molecule has 0 radical (unpaired) electrons. The molecular weight excluding hydrogens is 426 g/mol. The van der Waals surface area contributed by atoms with E-state index in [-0.39, 0.29) is 23.3 Å². The Morgan fingerprint density at radius 2 is 1.77 bits per heavy atom. The molecular formula is C21H24ClN3O4S. The Balaban J connectivity index is 1.61. The number of carbonyl (C=O) groups is 2. The Labute approximate surface area is 181 Å². The zero-order valence-corrected chi connectivity index (χ0v) is 18.1. The molecule has 2 amide bonds. The van der Waals surface area contributed by atoms with E-state index >= 15 is 0 Å². The number of hydrogen-bond donors (Lipinski definition) is 2. The van der Waals surface area contributed by atoms with Gasteiger partial charge in [0.1, 0.15) is 6.04 Å². The number of nitrogens with one attached hydrogen (secondary N) is 2. The van der Waals surface area contributed by atoms with Gasteiger partial charge in [0.25, 0.3) is 0 Å². The number of anilines is 1. The Bertz CT molecular complexity index is 997. The molecule has 3 rings (SSSR count). The normalized spacial score (nSPS) is 18.4. The van der Waals surface area contributed by atoms with Crippen LogP contribution in [0.2, 0.25) is 5.02 Å². The lowest BCUT2D eigenvalue weighted by atomic mass is 9.98. The van der Waals surface area contributed by atoms with Crippen LogP contribution in [0.3, 0.4) is 0 Å². The van der Waals surface area contributed by atoms with Crippen molar-refractivity contribution in [1.82, 2.24) is 9.62 Å². The Hall–Kier alpha value is -2.42. The van der Waals surface area contributed by atoms with Gasteiger partial charge in [-0.05, 0) is 56.2 Å². The SMILES string of the molecule is C[C@@H](NC(=O)C1CCCN(S(=O)(=O)c2ccc(Cl)cc2)C1)C(=O)Nc1ccccc1. The van der Waals surface area contributed by atoms with E-state index in [0.717, 1.165) is 0 Å².